The minimum Gasteiger partial charge on any atom is -0.393 e. The van der Waals surface area contributed by atoms with Crippen LogP contribution in [-0.4, -0.2) is 44.0 Å². The molecule has 2 N–H and O–H groups in total. The van der Waals surface area contributed by atoms with Gasteiger partial charge in [0, 0.05) is 18.0 Å². The third kappa shape index (κ3) is 3.21. The fourth-order valence-corrected chi connectivity index (χ4v) is 3.32. The number of hydrogen-bond donors (Lipinski definition) is 2. The molecule has 2 aromatic rings. The summed E-state index contributed by atoms with van der Waals surface area (Å²) in [5, 5.41) is 25.0. The number of fused-ring (bicyclic) bond motifs is 1. The maximum atomic E-state index is 12.4. The second-order valence-corrected chi connectivity index (χ2v) is 6.44. The van der Waals surface area contributed by atoms with Crippen molar-refractivity contribution in [3.63, 3.8) is 0 Å². The van der Waals surface area contributed by atoms with Crippen molar-refractivity contribution >= 4 is 17.2 Å². The van der Waals surface area contributed by atoms with E-state index in [2.05, 4.69) is 5.10 Å². The lowest BCUT2D eigenvalue weighted by atomic mass is 10.2. The highest BCUT2D eigenvalue weighted by atomic mass is 32.1. The molecule has 0 bridgehead atoms. The number of thiophene rings is 1. The summed E-state index contributed by atoms with van der Waals surface area (Å²) in [5.74, 6) is 0.112. The van der Waals surface area contributed by atoms with Crippen molar-refractivity contribution < 1.29 is 15.0 Å². The van der Waals surface area contributed by atoms with E-state index >= 15 is 0 Å². The van der Waals surface area contributed by atoms with E-state index in [0.717, 1.165) is 23.5 Å². The second kappa shape index (κ2) is 6.60. The van der Waals surface area contributed by atoms with Crippen molar-refractivity contribution in [2.24, 2.45) is 0 Å². The van der Waals surface area contributed by atoms with Crippen LogP contribution in [0.4, 0.5) is 0 Å². The number of aliphatic hydroxyl groups excluding tert-OH is 2. The average Bonchev–Trinajstić information content (AvgIpc) is 3.12. The molecule has 1 amide bonds. The minimum atomic E-state index is -0.963. The van der Waals surface area contributed by atoms with Gasteiger partial charge < -0.3 is 15.1 Å². The van der Waals surface area contributed by atoms with Crippen LogP contribution < -0.4 is 0 Å². The Labute approximate surface area is 132 Å². The van der Waals surface area contributed by atoms with Crippen molar-refractivity contribution in [1.82, 2.24) is 14.7 Å². The van der Waals surface area contributed by atoms with Crippen molar-refractivity contribution in [3.8, 4) is 0 Å². The maximum absolute atomic E-state index is 12.4. The molecule has 0 fully saturated rings. The van der Waals surface area contributed by atoms with Gasteiger partial charge in [-0.2, -0.15) is 5.10 Å². The summed E-state index contributed by atoms with van der Waals surface area (Å²) in [7, 11) is 0. The lowest BCUT2D eigenvalue weighted by Crippen LogP contribution is -2.31. The Morgan fingerprint density at radius 1 is 1.45 bits per heavy atom. The molecule has 1 aliphatic heterocycles. The van der Waals surface area contributed by atoms with E-state index in [1.54, 1.807) is 17.4 Å². The Kier molecular flexibility index (Phi) is 4.56. The van der Waals surface area contributed by atoms with E-state index in [1.807, 2.05) is 27.1 Å². The first-order valence-corrected chi connectivity index (χ1v) is 8.21. The molecule has 3 rings (SSSR count). The van der Waals surface area contributed by atoms with Crippen LogP contribution >= 0.6 is 11.3 Å². The molecular weight excluding hydrogens is 302 g/mol. The molecule has 1 unspecified atom stereocenters. The van der Waals surface area contributed by atoms with Crippen molar-refractivity contribution in [3.05, 3.63) is 39.8 Å². The summed E-state index contributed by atoms with van der Waals surface area (Å²) in [4.78, 5) is 15.3. The van der Waals surface area contributed by atoms with Gasteiger partial charge in [-0.05, 0) is 23.9 Å². The predicted octanol–water partition coefficient (Wildman–Crippen LogP) is 0.945. The largest absolute Gasteiger partial charge is 0.393 e. The number of carbonyl (C=O) groups is 1. The highest BCUT2D eigenvalue weighted by molar-refractivity contribution is 7.10. The molecule has 118 valence electrons. The lowest BCUT2D eigenvalue weighted by molar-refractivity contribution is -0.131. The van der Waals surface area contributed by atoms with Gasteiger partial charge in [-0.15, -0.1) is 11.3 Å². The molecule has 0 radical (unpaired) electrons. The fourth-order valence-electron chi connectivity index (χ4n) is 2.63. The Morgan fingerprint density at radius 3 is 3.05 bits per heavy atom. The van der Waals surface area contributed by atoms with Gasteiger partial charge in [0.1, 0.15) is 6.10 Å². The summed E-state index contributed by atoms with van der Waals surface area (Å²) < 4.78 is 1.83. The predicted molar refractivity (Wildman–Crippen MR) is 82.3 cm³/mol. The zero-order valence-electron chi connectivity index (χ0n) is 12.2. The van der Waals surface area contributed by atoms with Crippen LogP contribution in [0.25, 0.3) is 0 Å². The molecule has 22 heavy (non-hydrogen) atoms. The molecular formula is C15H19N3O3S. The van der Waals surface area contributed by atoms with Gasteiger partial charge in [-0.25, -0.2) is 0 Å². The summed E-state index contributed by atoms with van der Waals surface area (Å²) in [6.45, 7) is 1.58. The number of nitrogens with zero attached hydrogens (tertiary/aromatic N) is 3. The van der Waals surface area contributed by atoms with Crippen LogP contribution in [0, 0.1) is 0 Å². The van der Waals surface area contributed by atoms with Gasteiger partial charge in [-0.3, -0.25) is 9.48 Å². The molecule has 0 aliphatic carbocycles. The van der Waals surface area contributed by atoms with Gasteiger partial charge in [-0.1, -0.05) is 6.07 Å². The van der Waals surface area contributed by atoms with Crippen LogP contribution in [0.15, 0.2) is 23.6 Å². The summed E-state index contributed by atoms with van der Waals surface area (Å²) >= 11 is 1.59. The monoisotopic (exact) mass is 321 g/mol. The third-order valence-corrected chi connectivity index (χ3v) is 4.68. The first kappa shape index (κ1) is 15.2. The van der Waals surface area contributed by atoms with Crippen LogP contribution in [0.5, 0.6) is 0 Å². The van der Waals surface area contributed by atoms with E-state index in [9.17, 15) is 9.90 Å². The average molecular weight is 321 g/mol. The van der Waals surface area contributed by atoms with Crippen LogP contribution in [-0.2, 0) is 24.3 Å². The number of hydrogen-bond acceptors (Lipinski definition) is 5. The molecule has 0 saturated carbocycles. The highest BCUT2D eigenvalue weighted by Gasteiger charge is 2.22. The summed E-state index contributed by atoms with van der Waals surface area (Å²) in [6, 6.07) is 5.70. The molecule has 7 heteroatoms. The molecule has 0 aromatic carbocycles. The zero-order chi connectivity index (χ0) is 15.5. The number of amides is 1. The van der Waals surface area contributed by atoms with Crippen molar-refractivity contribution in [2.75, 3.05) is 13.2 Å². The van der Waals surface area contributed by atoms with Gasteiger partial charge in [0.2, 0.25) is 5.91 Å². The van der Waals surface area contributed by atoms with Gasteiger partial charge in [0.25, 0.3) is 0 Å². The van der Waals surface area contributed by atoms with Crippen LogP contribution in [0.3, 0.4) is 0 Å². The molecule has 1 atom stereocenters. The second-order valence-electron chi connectivity index (χ2n) is 5.41. The zero-order valence-corrected chi connectivity index (χ0v) is 13.0. The number of aliphatic hydroxyl groups is 2. The number of rotatable bonds is 4. The van der Waals surface area contributed by atoms with E-state index in [0.29, 0.717) is 25.2 Å². The van der Waals surface area contributed by atoms with Crippen molar-refractivity contribution in [2.45, 2.75) is 32.0 Å². The van der Waals surface area contributed by atoms with Gasteiger partial charge in [0.15, 0.2) is 0 Å². The van der Waals surface area contributed by atoms with E-state index in [4.69, 9.17) is 5.11 Å². The van der Waals surface area contributed by atoms with E-state index in [1.165, 1.54) is 0 Å². The smallest absolute Gasteiger partial charge is 0.228 e. The quantitative estimate of drug-likeness (QED) is 0.879. The SMILES string of the molecule is O=C(Cc1cccs1)N1CCCn2nc(C(O)CO)cc2C1. The Balaban J connectivity index is 1.73. The van der Waals surface area contributed by atoms with Crippen molar-refractivity contribution in [1.29, 1.82) is 0 Å². The Bertz CT molecular complexity index is 639. The maximum Gasteiger partial charge on any atom is 0.228 e. The third-order valence-electron chi connectivity index (χ3n) is 3.81. The van der Waals surface area contributed by atoms with E-state index < -0.39 is 6.10 Å². The summed E-state index contributed by atoms with van der Waals surface area (Å²) in [5.41, 5.74) is 1.37. The fraction of sp³-hybridized carbons (Fsp3) is 0.467. The van der Waals surface area contributed by atoms with Crippen LogP contribution in [0.2, 0.25) is 0 Å². The normalized spacial score (nSPS) is 16.2. The Hall–Kier alpha value is -1.70. The van der Waals surface area contributed by atoms with Crippen LogP contribution in [0.1, 0.15) is 28.8 Å². The molecule has 0 spiro atoms. The van der Waals surface area contributed by atoms with Gasteiger partial charge in [0.05, 0.1) is 31.0 Å². The Morgan fingerprint density at radius 2 is 2.32 bits per heavy atom. The van der Waals surface area contributed by atoms with E-state index in [-0.39, 0.29) is 12.5 Å². The minimum absolute atomic E-state index is 0.112. The lowest BCUT2D eigenvalue weighted by Gasteiger charge is -2.19. The standard InChI is InChI=1S/C15H19N3O3S/c19-10-14(20)13-7-11-9-17(4-2-5-18(11)16-13)15(21)8-12-3-1-6-22-12/h1,3,6-7,14,19-20H,2,4-5,8-10H2. The first-order chi connectivity index (χ1) is 10.7. The molecule has 6 nitrogen and oxygen atoms in total. The summed E-state index contributed by atoms with van der Waals surface area (Å²) in [6.07, 6.45) is 0.298. The number of aromatic nitrogens is 2. The first-order valence-electron chi connectivity index (χ1n) is 7.33. The number of aryl methyl sites for hydroxylation is 1. The molecule has 3 heterocycles. The topological polar surface area (TPSA) is 78.6 Å². The molecule has 1 aliphatic rings. The van der Waals surface area contributed by atoms with Gasteiger partial charge >= 0.3 is 0 Å². The molecule has 0 saturated heterocycles. The molecule has 2 aromatic heterocycles. The highest BCUT2D eigenvalue weighted by Crippen LogP contribution is 2.19. The number of carbonyl (C=O) groups excluding carboxylic acids is 1.